The van der Waals surface area contributed by atoms with Gasteiger partial charge in [-0.05, 0) is 30.9 Å². The predicted molar refractivity (Wildman–Crippen MR) is 103 cm³/mol. The fraction of sp³-hybridized carbons (Fsp3) is 0.429. The summed E-state index contributed by atoms with van der Waals surface area (Å²) in [6.07, 6.45) is 5.81. The number of nitrogens with zero attached hydrogens (tertiary/aromatic N) is 1. The van der Waals surface area contributed by atoms with Crippen molar-refractivity contribution in [3.63, 3.8) is 0 Å². The van der Waals surface area contributed by atoms with E-state index in [0.29, 0.717) is 5.69 Å². The molecule has 1 aliphatic rings. The van der Waals surface area contributed by atoms with Gasteiger partial charge in [0.2, 0.25) is 11.3 Å². The van der Waals surface area contributed by atoms with E-state index in [0.717, 1.165) is 36.8 Å². The van der Waals surface area contributed by atoms with Crippen LogP contribution in [0.5, 0.6) is 5.75 Å². The number of benzene rings is 1. The summed E-state index contributed by atoms with van der Waals surface area (Å²) >= 11 is 0. The first kappa shape index (κ1) is 19.2. The molecule has 0 unspecified atom stereocenters. The van der Waals surface area contributed by atoms with Crippen LogP contribution in [0.3, 0.4) is 0 Å². The molecule has 3 rings (SSSR count). The van der Waals surface area contributed by atoms with Crippen LogP contribution in [0.15, 0.2) is 41.3 Å². The van der Waals surface area contributed by atoms with E-state index in [4.69, 9.17) is 4.74 Å². The van der Waals surface area contributed by atoms with E-state index in [1.54, 1.807) is 4.57 Å². The number of aryl methyl sites for hydroxylation is 1. The molecular formula is C21H26N2O4. The van der Waals surface area contributed by atoms with Gasteiger partial charge in [-0.3, -0.25) is 9.59 Å². The SMILES string of the molecule is Cc1ccccc1COc1cn(CC(=O)NC2CCCC2)c(CO)cc1=O. The van der Waals surface area contributed by atoms with Crippen molar-refractivity contribution < 1.29 is 14.6 Å². The van der Waals surface area contributed by atoms with Gasteiger partial charge in [-0.2, -0.15) is 0 Å². The van der Waals surface area contributed by atoms with Crippen LogP contribution in [-0.2, 0) is 24.6 Å². The monoisotopic (exact) mass is 370 g/mol. The van der Waals surface area contributed by atoms with E-state index in [1.807, 2.05) is 31.2 Å². The van der Waals surface area contributed by atoms with Crippen molar-refractivity contribution in [3.05, 3.63) is 63.6 Å². The van der Waals surface area contributed by atoms with Crippen molar-refractivity contribution in [1.29, 1.82) is 0 Å². The number of aliphatic hydroxyl groups is 1. The number of aromatic nitrogens is 1. The van der Waals surface area contributed by atoms with E-state index in [9.17, 15) is 14.7 Å². The molecule has 0 atom stereocenters. The molecule has 0 spiro atoms. The lowest BCUT2D eigenvalue weighted by Gasteiger charge is -2.16. The van der Waals surface area contributed by atoms with Gasteiger partial charge in [-0.25, -0.2) is 0 Å². The Balaban J connectivity index is 1.73. The molecule has 1 heterocycles. The van der Waals surface area contributed by atoms with Gasteiger partial charge in [-0.1, -0.05) is 37.1 Å². The highest BCUT2D eigenvalue weighted by Crippen LogP contribution is 2.18. The zero-order valence-electron chi connectivity index (χ0n) is 15.6. The Labute approximate surface area is 158 Å². The highest BCUT2D eigenvalue weighted by atomic mass is 16.5. The zero-order chi connectivity index (χ0) is 19.2. The van der Waals surface area contributed by atoms with E-state index in [-0.39, 0.29) is 42.9 Å². The minimum atomic E-state index is -0.315. The lowest BCUT2D eigenvalue weighted by atomic mass is 10.1. The van der Waals surface area contributed by atoms with Crippen LogP contribution in [-0.4, -0.2) is 21.6 Å². The predicted octanol–water partition coefficient (Wildman–Crippen LogP) is 2.29. The summed E-state index contributed by atoms with van der Waals surface area (Å²) in [5.74, 6) is 0.0502. The Hall–Kier alpha value is -2.60. The first-order chi connectivity index (χ1) is 13.1. The number of carbonyl (C=O) groups excluding carboxylic acids is 1. The van der Waals surface area contributed by atoms with Gasteiger partial charge >= 0.3 is 0 Å². The lowest BCUT2D eigenvalue weighted by molar-refractivity contribution is -0.122. The van der Waals surface area contributed by atoms with Crippen LogP contribution in [0.25, 0.3) is 0 Å². The summed E-state index contributed by atoms with van der Waals surface area (Å²) in [5.41, 5.74) is 2.17. The van der Waals surface area contributed by atoms with E-state index < -0.39 is 0 Å². The maximum absolute atomic E-state index is 12.3. The summed E-state index contributed by atoms with van der Waals surface area (Å²) in [7, 11) is 0. The molecule has 1 fully saturated rings. The van der Waals surface area contributed by atoms with Crippen molar-refractivity contribution in [2.24, 2.45) is 0 Å². The standard InChI is InChI=1S/C21H26N2O4/c1-15-6-2-3-7-16(15)14-27-20-11-23(18(13-24)10-19(20)25)12-21(26)22-17-8-4-5-9-17/h2-3,6-7,10-11,17,24H,4-5,8-9,12-14H2,1H3,(H,22,26). The van der Waals surface area contributed by atoms with Crippen molar-refractivity contribution in [2.45, 2.75) is 58.4 Å². The maximum Gasteiger partial charge on any atom is 0.240 e. The molecule has 27 heavy (non-hydrogen) atoms. The third-order valence-electron chi connectivity index (χ3n) is 5.02. The van der Waals surface area contributed by atoms with Gasteiger partial charge < -0.3 is 19.7 Å². The molecule has 1 amide bonds. The molecular weight excluding hydrogens is 344 g/mol. The fourth-order valence-electron chi connectivity index (χ4n) is 3.41. The Morgan fingerprint density at radius 1 is 1.30 bits per heavy atom. The molecule has 6 heteroatoms. The largest absolute Gasteiger partial charge is 0.483 e. The van der Waals surface area contributed by atoms with Gasteiger partial charge in [-0.15, -0.1) is 0 Å². The Kier molecular flexibility index (Phi) is 6.29. The average molecular weight is 370 g/mol. The molecule has 6 nitrogen and oxygen atoms in total. The van der Waals surface area contributed by atoms with Gasteiger partial charge in [0, 0.05) is 17.8 Å². The van der Waals surface area contributed by atoms with Crippen molar-refractivity contribution in [1.82, 2.24) is 9.88 Å². The van der Waals surface area contributed by atoms with Crippen LogP contribution < -0.4 is 15.5 Å². The van der Waals surface area contributed by atoms with Crippen molar-refractivity contribution >= 4 is 5.91 Å². The number of pyridine rings is 1. The van der Waals surface area contributed by atoms with E-state index in [1.165, 1.54) is 12.3 Å². The molecule has 1 aromatic heterocycles. The normalized spacial score (nSPS) is 14.3. The number of hydrogen-bond acceptors (Lipinski definition) is 4. The summed E-state index contributed by atoms with van der Waals surface area (Å²) < 4.78 is 7.29. The van der Waals surface area contributed by atoms with Crippen molar-refractivity contribution in [3.8, 4) is 5.75 Å². The second-order valence-corrected chi connectivity index (χ2v) is 7.04. The minimum absolute atomic E-state index is 0.0490. The number of carbonyl (C=O) groups is 1. The highest BCUT2D eigenvalue weighted by molar-refractivity contribution is 5.76. The topological polar surface area (TPSA) is 80.6 Å². The third kappa shape index (κ3) is 4.98. The van der Waals surface area contributed by atoms with Crippen LogP contribution >= 0.6 is 0 Å². The number of hydrogen-bond donors (Lipinski definition) is 2. The molecule has 0 aliphatic heterocycles. The van der Waals surface area contributed by atoms with Gasteiger partial charge in [0.15, 0.2) is 5.75 Å². The summed E-state index contributed by atoms with van der Waals surface area (Å²) in [6.45, 7) is 1.99. The second-order valence-electron chi connectivity index (χ2n) is 7.04. The number of ether oxygens (including phenoxy) is 1. The molecule has 2 aromatic rings. The van der Waals surface area contributed by atoms with E-state index in [2.05, 4.69) is 5.32 Å². The smallest absolute Gasteiger partial charge is 0.240 e. The molecule has 0 radical (unpaired) electrons. The quantitative estimate of drug-likeness (QED) is 0.784. The molecule has 0 bridgehead atoms. The van der Waals surface area contributed by atoms with Gasteiger partial charge in [0.05, 0.1) is 12.8 Å². The molecule has 1 aliphatic carbocycles. The number of amides is 1. The Morgan fingerprint density at radius 3 is 2.74 bits per heavy atom. The number of nitrogens with one attached hydrogen (secondary N) is 1. The van der Waals surface area contributed by atoms with Crippen molar-refractivity contribution in [2.75, 3.05) is 0 Å². The summed E-state index contributed by atoms with van der Waals surface area (Å²) in [5, 5.41) is 12.6. The van der Waals surface area contributed by atoms with Gasteiger partial charge in [0.1, 0.15) is 13.2 Å². The molecule has 2 N–H and O–H groups in total. The van der Waals surface area contributed by atoms with Crippen LogP contribution in [0.1, 0.15) is 42.5 Å². The summed E-state index contributed by atoms with van der Waals surface area (Å²) in [4.78, 5) is 24.6. The van der Waals surface area contributed by atoms with Crippen LogP contribution in [0.2, 0.25) is 0 Å². The minimum Gasteiger partial charge on any atom is -0.483 e. The molecule has 0 saturated heterocycles. The van der Waals surface area contributed by atoms with Gasteiger partial charge in [0.25, 0.3) is 0 Å². The highest BCUT2D eigenvalue weighted by Gasteiger charge is 2.18. The first-order valence-electron chi connectivity index (χ1n) is 9.37. The Bertz CT molecular complexity index is 854. The van der Waals surface area contributed by atoms with Crippen LogP contribution in [0.4, 0.5) is 0 Å². The first-order valence-corrected chi connectivity index (χ1v) is 9.37. The van der Waals surface area contributed by atoms with Crippen LogP contribution in [0, 0.1) is 6.92 Å². The fourth-order valence-corrected chi connectivity index (χ4v) is 3.41. The molecule has 144 valence electrons. The average Bonchev–Trinajstić information content (AvgIpc) is 3.15. The maximum atomic E-state index is 12.3. The van der Waals surface area contributed by atoms with E-state index >= 15 is 0 Å². The number of rotatable bonds is 7. The summed E-state index contributed by atoms with van der Waals surface area (Å²) in [6, 6.07) is 9.36. The molecule has 1 aromatic carbocycles. The zero-order valence-corrected chi connectivity index (χ0v) is 15.6. The lowest BCUT2D eigenvalue weighted by Crippen LogP contribution is -2.35. The third-order valence-corrected chi connectivity index (χ3v) is 5.02. The number of aliphatic hydroxyl groups excluding tert-OH is 1. The Morgan fingerprint density at radius 2 is 2.04 bits per heavy atom. The second kappa shape index (κ2) is 8.86. The molecule has 1 saturated carbocycles.